The average molecular weight is 1150 g/mol. The highest BCUT2D eigenvalue weighted by atomic mass is 16.6. The zero-order chi connectivity index (χ0) is 59.9. The van der Waals surface area contributed by atoms with E-state index in [1.807, 2.05) is 0 Å². The standard InChI is InChI=1S/C77H130O6/c1-4-7-10-13-16-19-22-25-28-30-32-34-35-36-37-38-39-40-41-43-44-46-49-52-55-58-61-64-67-70-76(79)82-73-74(72-81-75(78)69-66-63-60-57-54-51-48-27-24-21-18-15-12-9-6-3)83-77(80)71-68-65-62-59-56-53-50-47-45-42-33-31-29-26-23-20-17-14-11-8-5-2/h7,9-10,12,16,18-19,21,25,27-28,32,34,36-37,39-40,43-44,48,74H,4-6,8,11,13-15,17,20,22-24,26,29-31,33,35,38,41-42,45-47,49-73H2,1-3H3/b10-7-,12-9-,19-16-,21-18-,28-25-,34-32-,37-36-,40-39-,44-43-,48-27-. The van der Waals surface area contributed by atoms with Gasteiger partial charge in [-0.15, -0.1) is 0 Å². The van der Waals surface area contributed by atoms with Gasteiger partial charge in [-0.25, -0.2) is 0 Å². The Hall–Kier alpha value is -4.19. The van der Waals surface area contributed by atoms with Crippen LogP contribution in [0.3, 0.4) is 0 Å². The molecule has 0 aliphatic carbocycles. The van der Waals surface area contributed by atoms with Crippen LogP contribution in [0.4, 0.5) is 0 Å². The molecule has 83 heavy (non-hydrogen) atoms. The lowest BCUT2D eigenvalue weighted by Gasteiger charge is -2.18. The Balaban J connectivity index is 4.36. The number of carbonyl (C=O) groups excluding carboxylic acids is 3. The van der Waals surface area contributed by atoms with Crippen LogP contribution < -0.4 is 0 Å². The van der Waals surface area contributed by atoms with Gasteiger partial charge in [0.05, 0.1) is 0 Å². The van der Waals surface area contributed by atoms with Gasteiger partial charge in [0.1, 0.15) is 13.2 Å². The molecule has 1 atom stereocenters. The van der Waals surface area contributed by atoms with Gasteiger partial charge in [0, 0.05) is 19.3 Å². The SMILES string of the molecule is CC/C=C\C/C=C\C/C=C\C/C=C\C/C=C\C/C=C\C/C=C\CCCCCCCCCC(=O)OCC(COC(=O)CCCCCCC/C=C\C/C=C\C/C=C\CC)OC(=O)CCCCCCCCCCCCCCCCCCCCCCC. The largest absolute Gasteiger partial charge is 0.462 e. The van der Waals surface area contributed by atoms with Crippen LogP contribution in [0, 0.1) is 0 Å². The lowest BCUT2D eigenvalue weighted by Crippen LogP contribution is -2.30. The normalized spacial score (nSPS) is 12.9. The number of ether oxygens (including phenoxy) is 3. The van der Waals surface area contributed by atoms with Gasteiger partial charge in [0.25, 0.3) is 0 Å². The van der Waals surface area contributed by atoms with E-state index in [0.29, 0.717) is 19.3 Å². The molecule has 0 aromatic rings. The quantitative estimate of drug-likeness (QED) is 0.0261. The molecule has 0 aliphatic rings. The van der Waals surface area contributed by atoms with Crippen LogP contribution in [0.25, 0.3) is 0 Å². The summed E-state index contributed by atoms with van der Waals surface area (Å²) in [7, 11) is 0. The molecule has 0 aromatic carbocycles. The first-order valence-electron chi connectivity index (χ1n) is 35.0. The molecule has 0 aromatic heterocycles. The van der Waals surface area contributed by atoms with E-state index >= 15 is 0 Å². The second-order valence-corrected chi connectivity index (χ2v) is 23.0. The predicted octanol–water partition coefficient (Wildman–Crippen LogP) is 24.3. The summed E-state index contributed by atoms with van der Waals surface area (Å²) in [6, 6.07) is 0. The molecular formula is C77H130O6. The second-order valence-electron chi connectivity index (χ2n) is 23.0. The second kappa shape index (κ2) is 70.3. The summed E-state index contributed by atoms with van der Waals surface area (Å²) in [6.07, 6.45) is 97.9. The van der Waals surface area contributed by atoms with Crippen molar-refractivity contribution in [2.75, 3.05) is 13.2 Å². The molecule has 6 nitrogen and oxygen atoms in total. The lowest BCUT2D eigenvalue weighted by atomic mass is 10.0. The minimum absolute atomic E-state index is 0.0893. The summed E-state index contributed by atoms with van der Waals surface area (Å²) in [5, 5.41) is 0. The van der Waals surface area contributed by atoms with Gasteiger partial charge < -0.3 is 14.2 Å². The summed E-state index contributed by atoms with van der Waals surface area (Å²) >= 11 is 0. The van der Waals surface area contributed by atoms with E-state index in [1.54, 1.807) is 0 Å². The van der Waals surface area contributed by atoms with Crippen molar-refractivity contribution in [2.45, 2.75) is 335 Å². The van der Waals surface area contributed by atoms with Crippen LogP contribution in [0.2, 0.25) is 0 Å². The van der Waals surface area contributed by atoms with Crippen LogP contribution >= 0.6 is 0 Å². The van der Waals surface area contributed by atoms with Crippen molar-refractivity contribution in [3.8, 4) is 0 Å². The van der Waals surface area contributed by atoms with E-state index in [4.69, 9.17) is 14.2 Å². The Kier molecular flexibility index (Phi) is 66.7. The summed E-state index contributed by atoms with van der Waals surface area (Å²) in [5.41, 5.74) is 0. The number of carbonyl (C=O) groups is 3. The minimum atomic E-state index is -0.793. The number of hydrogen-bond acceptors (Lipinski definition) is 6. The van der Waals surface area contributed by atoms with Crippen molar-refractivity contribution in [1.29, 1.82) is 0 Å². The topological polar surface area (TPSA) is 78.9 Å². The van der Waals surface area contributed by atoms with Crippen molar-refractivity contribution in [2.24, 2.45) is 0 Å². The van der Waals surface area contributed by atoms with E-state index in [1.165, 1.54) is 141 Å². The van der Waals surface area contributed by atoms with Crippen LogP contribution in [0.15, 0.2) is 122 Å². The zero-order valence-electron chi connectivity index (χ0n) is 54.4. The van der Waals surface area contributed by atoms with Crippen LogP contribution in [0.5, 0.6) is 0 Å². The smallest absolute Gasteiger partial charge is 0.306 e. The van der Waals surface area contributed by atoms with Crippen molar-refractivity contribution >= 4 is 17.9 Å². The Bertz CT molecular complexity index is 1700. The Labute approximate surface area is 513 Å². The Morgan fingerprint density at radius 1 is 0.253 bits per heavy atom. The van der Waals surface area contributed by atoms with Crippen LogP contribution in [-0.4, -0.2) is 37.2 Å². The van der Waals surface area contributed by atoms with Gasteiger partial charge in [0.2, 0.25) is 0 Å². The van der Waals surface area contributed by atoms with Crippen LogP contribution in [-0.2, 0) is 28.6 Å². The molecule has 6 heteroatoms. The summed E-state index contributed by atoms with van der Waals surface area (Å²) in [6.45, 7) is 6.43. The maximum absolute atomic E-state index is 13.0. The highest BCUT2D eigenvalue weighted by Gasteiger charge is 2.19. The fourth-order valence-corrected chi connectivity index (χ4v) is 9.79. The average Bonchev–Trinajstić information content (AvgIpc) is 3.49. The van der Waals surface area contributed by atoms with E-state index in [-0.39, 0.29) is 31.1 Å². The molecule has 1 unspecified atom stereocenters. The molecule has 0 bridgehead atoms. The van der Waals surface area contributed by atoms with Crippen molar-refractivity contribution in [3.63, 3.8) is 0 Å². The maximum atomic E-state index is 13.0. The first-order valence-corrected chi connectivity index (χ1v) is 35.0. The third kappa shape index (κ3) is 68.5. The zero-order valence-corrected chi connectivity index (χ0v) is 54.4. The minimum Gasteiger partial charge on any atom is -0.462 e. The molecule has 0 aliphatic heterocycles. The van der Waals surface area contributed by atoms with E-state index < -0.39 is 6.10 Å². The van der Waals surface area contributed by atoms with Gasteiger partial charge >= 0.3 is 17.9 Å². The Morgan fingerprint density at radius 3 is 0.735 bits per heavy atom. The van der Waals surface area contributed by atoms with Crippen molar-refractivity contribution in [3.05, 3.63) is 122 Å². The third-order valence-electron chi connectivity index (χ3n) is 15.0. The van der Waals surface area contributed by atoms with Gasteiger partial charge in [0.15, 0.2) is 6.10 Å². The molecule has 0 rings (SSSR count). The molecule has 0 saturated heterocycles. The maximum Gasteiger partial charge on any atom is 0.306 e. The molecule has 0 saturated carbocycles. The molecule has 0 N–H and O–H groups in total. The van der Waals surface area contributed by atoms with Crippen molar-refractivity contribution < 1.29 is 28.6 Å². The van der Waals surface area contributed by atoms with E-state index in [9.17, 15) is 14.4 Å². The lowest BCUT2D eigenvalue weighted by molar-refractivity contribution is -0.167. The van der Waals surface area contributed by atoms with Gasteiger partial charge in [-0.2, -0.15) is 0 Å². The van der Waals surface area contributed by atoms with Gasteiger partial charge in [-0.05, 0) is 109 Å². The van der Waals surface area contributed by atoms with Gasteiger partial charge in [-0.1, -0.05) is 322 Å². The number of rotatable bonds is 63. The third-order valence-corrected chi connectivity index (χ3v) is 15.0. The first kappa shape index (κ1) is 78.8. The molecule has 0 radical (unpaired) electrons. The highest BCUT2D eigenvalue weighted by Crippen LogP contribution is 2.17. The number of hydrogen-bond donors (Lipinski definition) is 0. The van der Waals surface area contributed by atoms with Gasteiger partial charge in [-0.3, -0.25) is 14.4 Å². The molecule has 474 valence electrons. The molecule has 0 amide bonds. The van der Waals surface area contributed by atoms with Crippen molar-refractivity contribution in [1.82, 2.24) is 0 Å². The summed E-state index contributed by atoms with van der Waals surface area (Å²) < 4.78 is 17.0. The monoisotopic (exact) mass is 1150 g/mol. The van der Waals surface area contributed by atoms with E-state index in [2.05, 4.69) is 142 Å². The fraction of sp³-hybridized carbons (Fsp3) is 0.701. The summed E-state index contributed by atoms with van der Waals surface area (Å²) in [5.74, 6) is -0.903. The highest BCUT2D eigenvalue weighted by molar-refractivity contribution is 5.71. The molecule has 0 heterocycles. The van der Waals surface area contributed by atoms with E-state index in [0.717, 1.165) is 148 Å². The first-order chi connectivity index (χ1) is 41.0. The van der Waals surface area contributed by atoms with Crippen LogP contribution in [0.1, 0.15) is 329 Å². The number of unbranched alkanes of at least 4 members (excludes halogenated alkanes) is 32. The summed E-state index contributed by atoms with van der Waals surface area (Å²) in [4.78, 5) is 38.5. The predicted molar refractivity (Wildman–Crippen MR) is 362 cm³/mol. The molecule has 0 fully saturated rings. The Morgan fingerprint density at radius 2 is 0.470 bits per heavy atom. The molecular weight excluding hydrogens is 1020 g/mol. The number of esters is 3. The molecule has 0 spiro atoms. The number of allylic oxidation sites excluding steroid dienone is 20. The fourth-order valence-electron chi connectivity index (χ4n) is 9.79.